The Morgan fingerprint density at radius 3 is 2.40 bits per heavy atom. The van der Waals surface area contributed by atoms with Crippen LogP contribution in [0.3, 0.4) is 0 Å². The average molecular weight is 351 g/mol. The first-order valence-electron chi connectivity index (χ1n) is 11.5. The number of unbranched alkanes of at least 4 members (excludes halogenated alkanes) is 1. The van der Waals surface area contributed by atoms with Crippen LogP contribution in [0, 0.1) is 35.0 Å². The molecule has 6 atom stereocenters. The molecule has 0 bridgehead atoms. The van der Waals surface area contributed by atoms with E-state index in [1.165, 1.54) is 64.2 Å². The van der Waals surface area contributed by atoms with Crippen LogP contribution in [0.15, 0.2) is 0 Å². The van der Waals surface area contributed by atoms with E-state index in [9.17, 15) is 5.11 Å². The van der Waals surface area contributed by atoms with Crippen molar-refractivity contribution in [2.75, 3.05) is 0 Å². The topological polar surface area (TPSA) is 20.2 Å². The predicted octanol–water partition coefficient (Wildman–Crippen LogP) is 7.22. The summed E-state index contributed by atoms with van der Waals surface area (Å²) in [5, 5.41) is 11.0. The van der Waals surface area contributed by atoms with Crippen molar-refractivity contribution in [1.82, 2.24) is 0 Å². The Bertz CT molecular complexity index is 399. The molecule has 0 spiro atoms. The second-order valence-corrected chi connectivity index (χ2v) is 10.4. The molecular weight excluding hydrogens is 304 g/mol. The molecule has 0 heterocycles. The van der Waals surface area contributed by atoms with Gasteiger partial charge in [-0.25, -0.2) is 0 Å². The lowest BCUT2D eigenvalue weighted by atomic mass is 9.54. The number of aliphatic hydroxyl groups is 1. The average Bonchev–Trinajstić information content (AvgIpc) is 2.88. The first-order chi connectivity index (χ1) is 11.8. The highest BCUT2D eigenvalue weighted by atomic mass is 16.3. The Morgan fingerprint density at radius 2 is 1.80 bits per heavy atom. The molecule has 1 N–H and O–H groups in total. The highest BCUT2D eigenvalue weighted by Gasteiger charge is 2.55. The lowest BCUT2D eigenvalue weighted by Gasteiger charge is -2.52. The zero-order chi connectivity index (χ0) is 18.7. The fraction of sp³-hybridized carbons (Fsp3) is 1.00. The zero-order valence-electron chi connectivity index (χ0n) is 18.1. The van der Waals surface area contributed by atoms with Gasteiger partial charge in [0.05, 0.1) is 5.60 Å². The molecule has 148 valence electrons. The van der Waals surface area contributed by atoms with Crippen LogP contribution in [0.25, 0.3) is 0 Å². The molecule has 0 amide bonds. The molecule has 0 aliphatic heterocycles. The third kappa shape index (κ3) is 4.63. The van der Waals surface area contributed by atoms with Crippen molar-refractivity contribution in [3.05, 3.63) is 0 Å². The van der Waals surface area contributed by atoms with E-state index in [1.807, 2.05) is 0 Å². The lowest BCUT2D eigenvalue weighted by Crippen LogP contribution is -2.49. The van der Waals surface area contributed by atoms with Gasteiger partial charge >= 0.3 is 0 Å². The first kappa shape index (κ1) is 21.3. The summed E-state index contributed by atoms with van der Waals surface area (Å²) in [6.07, 6.45) is 14.7. The number of rotatable bonds is 9. The Hall–Kier alpha value is -0.0400. The van der Waals surface area contributed by atoms with Gasteiger partial charge in [0.2, 0.25) is 0 Å². The smallest absolute Gasteiger partial charge is 0.0647 e. The summed E-state index contributed by atoms with van der Waals surface area (Å²) in [6.45, 7) is 13.9. The molecule has 1 heteroatoms. The minimum Gasteiger partial charge on any atom is -0.390 e. The van der Waals surface area contributed by atoms with E-state index < -0.39 is 5.60 Å². The van der Waals surface area contributed by atoms with E-state index in [-0.39, 0.29) is 0 Å². The third-order valence-corrected chi connectivity index (χ3v) is 8.35. The standard InChI is InChI=1S/C24H46O/c1-7-11-20-21-15-14-19(13-10-9-12-18(3)4)23(21,5)17-16-22(20)24(6,25)8-2/h18-22,25H,7-17H2,1-6H3. The summed E-state index contributed by atoms with van der Waals surface area (Å²) < 4.78 is 0. The molecule has 0 aromatic rings. The Morgan fingerprint density at radius 1 is 1.08 bits per heavy atom. The summed E-state index contributed by atoms with van der Waals surface area (Å²) in [4.78, 5) is 0. The third-order valence-electron chi connectivity index (χ3n) is 8.35. The summed E-state index contributed by atoms with van der Waals surface area (Å²) in [5.74, 6) is 3.93. The van der Waals surface area contributed by atoms with Crippen molar-refractivity contribution < 1.29 is 5.11 Å². The van der Waals surface area contributed by atoms with Gasteiger partial charge < -0.3 is 5.11 Å². The molecule has 2 saturated carbocycles. The van der Waals surface area contributed by atoms with Crippen LogP contribution in [0.2, 0.25) is 0 Å². The predicted molar refractivity (Wildman–Crippen MR) is 110 cm³/mol. The molecule has 6 unspecified atom stereocenters. The van der Waals surface area contributed by atoms with Crippen LogP contribution in [0.4, 0.5) is 0 Å². The highest BCUT2D eigenvalue weighted by molar-refractivity contribution is 5.05. The number of fused-ring (bicyclic) bond motifs is 1. The molecule has 0 saturated heterocycles. The minimum absolute atomic E-state index is 0.462. The van der Waals surface area contributed by atoms with Crippen molar-refractivity contribution in [2.24, 2.45) is 35.0 Å². The van der Waals surface area contributed by atoms with Gasteiger partial charge in [-0.3, -0.25) is 0 Å². The summed E-state index contributed by atoms with van der Waals surface area (Å²) in [5.41, 5.74) is 0.0918. The van der Waals surface area contributed by atoms with Crippen LogP contribution >= 0.6 is 0 Å². The quantitative estimate of drug-likeness (QED) is 0.435. The van der Waals surface area contributed by atoms with E-state index in [4.69, 9.17) is 0 Å². The first-order valence-corrected chi connectivity index (χ1v) is 11.5. The normalized spacial score (nSPS) is 37.9. The minimum atomic E-state index is -0.462. The number of hydrogen-bond acceptors (Lipinski definition) is 1. The maximum Gasteiger partial charge on any atom is 0.0647 e. The Balaban J connectivity index is 2.05. The zero-order valence-corrected chi connectivity index (χ0v) is 18.1. The van der Waals surface area contributed by atoms with Gasteiger partial charge in [-0.1, -0.05) is 66.7 Å². The molecule has 2 aliphatic rings. The summed E-state index contributed by atoms with van der Waals surface area (Å²) in [7, 11) is 0. The summed E-state index contributed by atoms with van der Waals surface area (Å²) in [6, 6.07) is 0. The maximum absolute atomic E-state index is 11.0. The second-order valence-electron chi connectivity index (χ2n) is 10.4. The van der Waals surface area contributed by atoms with Gasteiger partial charge in [0, 0.05) is 0 Å². The van der Waals surface area contributed by atoms with Crippen LogP contribution in [-0.4, -0.2) is 10.7 Å². The molecule has 0 aromatic carbocycles. The van der Waals surface area contributed by atoms with Crippen molar-refractivity contribution in [1.29, 1.82) is 0 Å². The molecular formula is C24H46O. The molecule has 2 fully saturated rings. The molecule has 2 aliphatic carbocycles. The lowest BCUT2D eigenvalue weighted by molar-refractivity contribution is -0.0971. The van der Waals surface area contributed by atoms with Gasteiger partial charge in [-0.15, -0.1) is 0 Å². The maximum atomic E-state index is 11.0. The molecule has 25 heavy (non-hydrogen) atoms. The monoisotopic (exact) mass is 350 g/mol. The SMILES string of the molecule is CCCC1C(C(C)(O)CC)CCC2(C)C(CCCCC(C)C)CCC12. The Labute approximate surface area is 158 Å². The van der Waals surface area contributed by atoms with Crippen molar-refractivity contribution in [2.45, 2.75) is 118 Å². The molecule has 0 aromatic heterocycles. The van der Waals surface area contributed by atoms with Crippen LogP contribution in [-0.2, 0) is 0 Å². The van der Waals surface area contributed by atoms with E-state index >= 15 is 0 Å². The van der Waals surface area contributed by atoms with Gasteiger partial charge in [0.15, 0.2) is 0 Å². The molecule has 2 rings (SSSR count). The fourth-order valence-corrected chi connectivity index (χ4v) is 6.58. The van der Waals surface area contributed by atoms with Gasteiger partial charge in [-0.2, -0.15) is 0 Å². The van der Waals surface area contributed by atoms with Crippen molar-refractivity contribution in [3.63, 3.8) is 0 Å². The van der Waals surface area contributed by atoms with Crippen molar-refractivity contribution >= 4 is 0 Å². The van der Waals surface area contributed by atoms with Gasteiger partial charge in [0.1, 0.15) is 0 Å². The van der Waals surface area contributed by atoms with Crippen molar-refractivity contribution in [3.8, 4) is 0 Å². The van der Waals surface area contributed by atoms with Crippen LogP contribution in [0.1, 0.15) is 112 Å². The van der Waals surface area contributed by atoms with Gasteiger partial charge in [0.25, 0.3) is 0 Å². The second kappa shape index (κ2) is 8.77. The molecule has 1 nitrogen and oxygen atoms in total. The van der Waals surface area contributed by atoms with E-state index in [1.54, 1.807) is 0 Å². The van der Waals surface area contributed by atoms with Gasteiger partial charge in [-0.05, 0) is 80.5 Å². The Kier molecular flexibility index (Phi) is 7.45. The fourth-order valence-electron chi connectivity index (χ4n) is 6.58. The van der Waals surface area contributed by atoms with Crippen LogP contribution in [0.5, 0.6) is 0 Å². The highest BCUT2D eigenvalue weighted by Crippen LogP contribution is 2.62. The molecule has 0 radical (unpaired) electrons. The largest absolute Gasteiger partial charge is 0.390 e. The van der Waals surface area contributed by atoms with Crippen LogP contribution < -0.4 is 0 Å². The summed E-state index contributed by atoms with van der Waals surface area (Å²) >= 11 is 0. The van der Waals surface area contributed by atoms with E-state index in [2.05, 4.69) is 41.5 Å². The van der Waals surface area contributed by atoms with E-state index in [0.29, 0.717) is 11.3 Å². The van der Waals surface area contributed by atoms with E-state index in [0.717, 1.165) is 30.1 Å². The number of hydrogen-bond donors (Lipinski definition) is 1.